The molecular formula is C13H9F2O3Si. The third kappa shape index (κ3) is 2.87. The maximum Gasteiger partial charge on any atom is 0.296 e. The highest BCUT2D eigenvalue weighted by Gasteiger charge is 2.24. The summed E-state index contributed by atoms with van der Waals surface area (Å²) in [7, 11) is 2.55. The number of hydrogen-bond donors (Lipinski definition) is 2. The number of aliphatic hydroxyl groups is 2. The molecule has 0 amide bonds. The summed E-state index contributed by atoms with van der Waals surface area (Å²) in [6, 6.07) is 9.40. The molecule has 2 rings (SSSR count). The normalized spacial score (nSPS) is 11.6. The van der Waals surface area contributed by atoms with Gasteiger partial charge in [0.05, 0.1) is 0 Å². The molecule has 0 aliphatic heterocycles. The molecule has 0 aliphatic rings. The van der Waals surface area contributed by atoms with E-state index >= 15 is 0 Å². The van der Waals surface area contributed by atoms with Crippen molar-refractivity contribution in [1.82, 2.24) is 0 Å². The van der Waals surface area contributed by atoms with Crippen LogP contribution in [-0.4, -0.2) is 20.7 Å². The monoisotopic (exact) mass is 279 g/mol. The average Bonchev–Trinajstić information content (AvgIpc) is 2.42. The first-order valence-electron chi connectivity index (χ1n) is 5.29. The zero-order valence-electron chi connectivity index (χ0n) is 9.60. The van der Waals surface area contributed by atoms with Crippen LogP contribution in [0.1, 0.15) is 5.56 Å². The molecule has 0 bridgehead atoms. The highest BCUT2D eigenvalue weighted by molar-refractivity contribution is 5.98. The molecule has 0 atom stereocenters. The van der Waals surface area contributed by atoms with Crippen LogP contribution in [0.5, 0.6) is 0 Å². The summed E-state index contributed by atoms with van der Waals surface area (Å²) in [6.07, 6.45) is 0. The second kappa shape index (κ2) is 5.18. The number of benzene rings is 2. The van der Waals surface area contributed by atoms with E-state index in [1.165, 1.54) is 30.3 Å². The van der Waals surface area contributed by atoms with E-state index in [0.29, 0.717) is 11.1 Å². The lowest BCUT2D eigenvalue weighted by Crippen LogP contribution is -2.27. The van der Waals surface area contributed by atoms with Gasteiger partial charge >= 0.3 is 0 Å². The van der Waals surface area contributed by atoms with Crippen LogP contribution in [0.2, 0.25) is 0 Å². The predicted molar refractivity (Wildman–Crippen MR) is 64.7 cm³/mol. The zero-order valence-corrected chi connectivity index (χ0v) is 10.6. The third-order valence-corrected chi connectivity index (χ3v) is 2.94. The molecule has 0 spiro atoms. The molecule has 3 nitrogen and oxygen atoms in total. The van der Waals surface area contributed by atoms with Crippen LogP contribution in [0.15, 0.2) is 42.5 Å². The second-order valence-corrected chi connectivity index (χ2v) is 4.12. The first-order chi connectivity index (χ1) is 8.94. The fourth-order valence-corrected chi connectivity index (χ4v) is 1.73. The molecule has 2 aromatic carbocycles. The minimum Gasteiger partial charge on any atom is -0.367 e. The van der Waals surface area contributed by atoms with Gasteiger partial charge in [0.25, 0.3) is 16.5 Å². The van der Waals surface area contributed by atoms with Crippen LogP contribution in [0.3, 0.4) is 0 Å². The van der Waals surface area contributed by atoms with Crippen LogP contribution in [0, 0.1) is 11.6 Å². The Morgan fingerprint density at radius 3 is 2.00 bits per heavy atom. The molecule has 0 saturated heterocycles. The van der Waals surface area contributed by atoms with E-state index in [1.54, 1.807) is 0 Å². The van der Waals surface area contributed by atoms with Crippen molar-refractivity contribution in [3.8, 4) is 11.1 Å². The van der Waals surface area contributed by atoms with Crippen molar-refractivity contribution in [3.05, 3.63) is 59.7 Å². The number of rotatable bonds is 3. The maximum absolute atomic E-state index is 13.1. The summed E-state index contributed by atoms with van der Waals surface area (Å²) in [4.78, 5) is 0. The van der Waals surface area contributed by atoms with Crippen molar-refractivity contribution in [1.29, 1.82) is 0 Å². The Kier molecular flexibility index (Phi) is 3.77. The Bertz CT molecular complexity index is 585. The molecule has 19 heavy (non-hydrogen) atoms. The van der Waals surface area contributed by atoms with E-state index in [9.17, 15) is 19.0 Å². The standard InChI is InChI=1S/C13H9F2O3Si/c14-11-6-3-9(7-12(11)15)8-1-4-10(5-2-8)13(16,17)18-19/h1-7,16-17H. The van der Waals surface area contributed by atoms with E-state index in [1.807, 2.05) is 0 Å². The van der Waals surface area contributed by atoms with Crippen molar-refractivity contribution >= 4 is 10.5 Å². The van der Waals surface area contributed by atoms with Gasteiger partial charge in [-0.3, -0.25) is 0 Å². The molecule has 2 N–H and O–H groups in total. The third-order valence-electron chi connectivity index (χ3n) is 2.66. The van der Waals surface area contributed by atoms with Gasteiger partial charge in [-0.1, -0.05) is 30.3 Å². The van der Waals surface area contributed by atoms with Crippen molar-refractivity contribution in [3.63, 3.8) is 0 Å². The SMILES string of the molecule is OC(O)(O[Si])c1ccc(-c2ccc(F)c(F)c2)cc1. The Balaban J connectivity index is 2.35. The summed E-state index contributed by atoms with van der Waals surface area (Å²) in [5, 5.41) is 18.8. The fraction of sp³-hybridized carbons (Fsp3) is 0.0769. The van der Waals surface area contributed by atoms with Gasteiger partial charge < -0.3 is 14.6 Å². The Morgan fingerprint density at radius 1 is 0.895 bits per heavy atom. The quantitative estimate of drug-likeness (QED) is 0.665. The van der Waals surface area contributed by atoms with Crippen molar-refractivity contribution in [2.75, 3.05) is 0 Å². The molecule has 0 aromatic heterocycles. The molecule has 6 heteroatoms. The highest BCUT2D eigenvalue weighted by atomic mass is 28.2. The van der Waals surface area contributed by atoms with E-state index in [-0.39, 0.29) is 5.56 Å². The van der Waals surface area contributed by atoms with Crippen LogP contribution in [0.4, 0.5) is 8.78 Å². The molecule has 0 fully saturated rings. The second-order valence-electron chi connectivity index (χ2n) is 3.92. The van der Waals surface area contributed by atoms with Crippen LogP contribution in [0.25, 0.3) is 11.1 Å². The molecular weight excluding hydrogens is 270 g/mol. The van der Waals surface area contributed by atoms with Crippen molar-refractivity contribution in [2.45, 2.75) is 5.97 Å². The molecule has 0 saturated carbocycles. The van der Waals surface area contributed by atoms with E-state index in [2.05, 4.69) is 14.9 Å². The van der Waals surface area contributed by atoms with Crippen LogP contribution in [-0.2, 0) is 10.4 Å². The molecule has 97 valence electrons. The fourth-order valence-electron chi connectivity index (χ4n) is 1.61. The van der Waals surface area contributed by atoms with Gasteiger partial charge in [-0.05, 0) is 23.3 Å². The summed E-state index contributed by atoms with van der Waals surface area (Å²) in [5.41, 5.74) is 1.17. The van der Waals surface area contributed by atoms with Gasteiger partial charge in [0.2, 0.25) is 0 Å². The lowest BCUT2D eigenvalue weighted by Gasteiger charge is -2.20. The van der Waals surface area contributed by atoms with Gasteiger partial charge in [-0.15, -0.1) is 0 Å². The van der Waals surface area contributed by atoms with Crippen molar-refractivity contribution < 1.29 is 23.4 Å². The van der Waals surface area contributed by atoms with E-state index < -0.39 is 17.6 Å². The minimum absolute atomic E-state index is 0.0915. The summed E-state index contributed by atoms with van der Waals surface area (Å²) in [5.74, 6) is -4.31. The first kappa shape index (κ1) is 13.8. The molecule has 0 unspecified atom stereocenters. The Hall–Kier alpha value is -1.60. The van der Waals surface area contributed by atoms with Crippen LogP contribution >= 0.6 is 0 Å². The summed E-state index contributed by atoms with van der Waals surface area (Å²) >= 11 is 0. The molecule has 0 heterocycles. The molecule has 3 radical (unpaired) electrons. The van der Waals surface area contributed by atoms with Gasteiger partial charge in [-0.25, -0.2) is 8.78 Å². The Labute approximate surface area is 111 Å². The van der Waals surface area contributed by atoms with Gasteiger partial charge in [0, 0.05) is 5.56 Å². The largest absolute Gasteiger partial charge is 0.367 e. The maximum atomic E-state index is 13.1. The van der Waals surface area contributed by atoms with E-state index in [4.69, 9.17) is 0 Å². The van der Waals surface area contributed by atoms with Gasteiger partial charge in [-0.2, -0.15) is 0 Å². The first-order valence-corrected chi connectivity index (χ1v) is 5.70. The minimum atomic E-state index is -2.45. The molecule has 2 aromatic rings. The predicted octanol–water partition coefficient (Wildman–Crippen LogP) is 1.83. The summed E-state index contributed by atoms with van der Waals surface area (Å²) < 4.78 is 30.2. The number of halogens is 2. The molecule has 0 aliphatic carbocycles. The van der Waals surface area contributed by atoms with Crippen LogP contribution < -0.4 is 0 Å². The lowest BCUT2D eigenvalue weighted by atomic mass is 10.0. The number of hydrogen-bond acceptors (Lipinski definition) is 3. The summed E-state index contributed by atoms with van der Waals surface area (Å²) in [6.45, 7) is 0. The van der Waals surface area contributed by atoms with Gasteiger partial charge in [0.15, 0.2) is 11.6 Å². The van der Waals surface area contributed by atoms with Gasteiger partial charge in [0.1, 0.15) is 0 Å². The van der Waals surface area contributed by atoms with Crippen molar-refractivity contribution in [2.24, 2.45) is 0 Å². The van der Waals surface area contributed by atoms with E-state index in [0.717, 1.165) is 12.1 Å². The lowest BCUT2D eigenvalue weighted by molar-refractivity contribution is -0.303. The Morgan fingerprint density at radius 2 is 1.47 bits per heavy atom. The highest BCUT2D eigenvalue weighted by Crippen LogP contribution is 2.25. The topological polar surface area (TPSA) is 49.7 Å². The zero-order chi connectivity index (χ0) is 14.0. The smallest absolute Gasteiger partial charge is 0.296 e. The average molecular weight is 279 g/mol.